The average molecular weight is 417 g/mol. The van der Waals surface area contributed by atoms with Crippen LogP contribution in [0.4, 0.5) is 0 Å². The van der Waals surface area contributed by atoms with Crippen LogP contribution in [-0.2, 0) is 0 Å². The summed E-state index contributed by atoms with van der Waals surface area (Å²) in [6.45, 7) is 12.8. The molecule has 0 amide bonds. The van der Waals surface area contributed by atoms with Gasteiger partial charge in [0.2, 0.25) is 0 Å². The lowest BCUT2D eigenvalue weighted by Crippen LogP contribution is -2.36. The third kappa shape index (κ3) is 5.29. The van der Waals surface area contributed by atoms with Crippen LogP contribution in [-0.4, -0.2) is 33.1 Å². The summed E-state index contributed by atoms with van der Waals surface area (Å²) < 4.78 is 0. The molecule has 6 atom stereocenters. The fourth-order valence-electron chi connectivity index (χ4n) is 6.74. The Kier molecular flexibility index (Phi) is 7.37. The van der Waals surface area contributed by atoms with Gasteiger partial charge in [-0.15, -0.1) is 0 Å². The number of aliphatic hydroxyl groups excluding tert-OH is 2. The zero-order valence-corrected chi connectivity index (χ0v) is 19.7. The molecule has 0 spiro atoms. The first-order valence-electron chi connectivity index (χ1n) is 12.2. The lowest BCUT2D eigenvalue weighted by molar-refractivity contribution is 0.0596. The van der Waals surface area contributed by atoms with Crippen molar-refractivity contribution in [3.05, 3.63) is 35.5 Å². The highest BCUT2D eigenvalue weighted by molar-refractivity contribution is 5.38. The number of hydrogen-bond donors (Lipinski definition) is 3. The van der Waals surface area contributed by atoms with Crippen molar-refractivity contribution in [3.8, 4) is 0 Å². The molecule has 30 heavy (non-hydrogen) atoms. The Morgan fingerprint density at radius 2 is 1.97 bits per heavy atom. The van der Waals surface area contributed by atoms with Crippen molar-refractivity contribution in [2.24, 2.45) is 23.2 Å². The maximum absolute atomic E-state index is 10.1. The summed E-state index contributed by atoms with van der Waals surface area (Å²) in [4.78, 5) is 0. The van der Waals surface area contributed by atoms with Gasteiger partial charge in [-0.05, 0) is 93.1 Å². The summed E-state index contributed by atoms with van der Waals surface area (Å²) >= 11 is 0. The van der Waals surface area contributed by atoms with Crippen LogP contribution >= 0.6 is 0 Å². The van der Waals surface area contributed by atoms with Crippen molar-refractivity contribution < 1.29 is 15.3 Å². The fraction of sp³-hybridized carbons (Fsp3) is 0.778. The number of fused-ring (bicyclic) bond motifs is 1. The standard InChI is InChI=1S/C27H44O3/c1-18(8-6-14-26(3,4)30)23-12-13-24-20(9-7-15-27(23,24)5)10-11-21-16-22(28)17-25(29)19(21)2/h10-11,18,22-25,28-30H,2,6-9,12-17H2,1,3-5H3/t18?,22?,23?,24?,25?,27-/m1/s1. The minimum atomic E-state index is -0.615. The van der Waals surface area contributed by atoms with Crippen LogP contribution < -0.4 is 0 Å². The molecule has 0 aromatic heterocycles. The van der Waals surface area contributed by atoms with E-state index in [4.69, 9.17) is 0 Å². The van der Waals surface area contributed by atoms with Crippen molar-refractivity contribution in [1.82, 2.24) is 0 Å². The first kappa shape index (κ1) is 23.8. The molecule has 0 bridgehead atoms. The smallest absolute Gasteiger partial charge is 0.0811 e. The fourth-order valence-corrected chi connectivity index (χ4v) is 6.74. The van der Waals surface area contributed by atoms with Crippen molar-refractivity contribution >= 4 is 0 Å². The molecule has 170 valence electrons. The summed E-state index contributed by atoms with van der Waals surface area (Å²) in [6, 6.07) is 0. The first-order chi connectivity index (χ1) is 14.0. The average Bonchev–Trinajstić information content (AvgIpc) is 3.00. The van der Waals surface area contributed by atoms with Gasteiger partial charge in [0, 0.05) is 6.42 Å². The molecule has 3 rings (SSSR count). The molecule has 0 saturated heterocycles. The predicted molar refractivity (Wildman–Crippen MR) is 124 cm³/mol. The molecule has 5 unspecified atom stereocenters. The molecule has 3 saturated carbocycles. The highest BCUT2D eigenvalue weighted by Crippen LogP contribution is 2.60. The van der Waals surface area contributed by atoms with Crippen molar-refractivity contribution in [3.63, 3.8) is 0 Å². The maximum Gasteiger partial charge on any atom is 0.0811 e. The molecule has 0 radical (unpaired) electrons. The van der Waals surface area contributed by atoms with Gasteiger partial charge >= 0.3 is 0 Å². The second kappa shape index (κ2) is 9.30. The second-order valence-electron chi connectivity index (χ2n) is 11.3. The van der Waals surface area contributed by atoms with Crippen LogP contribution in [0.2, 0.25) is 0 Å². The van der Waals surface area contributed by atoms with Crippen LogP contribution in [0.15, 0.2) is 35.5 Å². The zero-order chi connectivity index (χ0) is 22.1. The Bertz CT molecular complexity index is 683. The second-order valence-corrected chi connectivity index (χ2v) is 11.3. The van der Waals surface area contributed by atoms with Crippen molar-refractivity contribution in [2.75, 3.05) is 0 Å². The van der Waals surface area contributed by atoms with E-state index in [0.29, 0.717) is 30.1 Å². The van der Waals surface area contributed by atoms with Crippen LogP contribution in [0.25, 0.3) is 0 Å². The van der Waals surface area contributed by atoms with Gasteiger partial charge in [0.15, 0.2) is 0 Å². The Hall–Kier alpha value is -0.900. The molecule has 3 aliphatic rings. The Morgan fingerprint density at radius 1 is 1.23 bits per heavy atom. The van der Waals surface area contributed by atoms with Crippen molar-refractivity contribution in [1.29, 1.82) is 0 Å². The number of aliphatic hydroxyl groups is 3. The van der Waals surface area contributed by atoms with Crippen LogP contribution in [0.3, 0.4) is 0 Å². The van der Waals surface area contributed by atoms with E-state index in [1.807, 2.05) is 13.8 Å². The Morgan fingerprint density at radius 3 is 2.67 bits per heavy atom. The Balaban J connectivity index is 1.70. The maximum atomic E-state index is 10.1. The summed E-state index contributed by atoms with van der Waals surface area (Å²) in [6.07, 6.45) is 13.9. The van der Waals surface area contributed by atoms with E-state index in [1.165, 1.54) is 38.5 Å². The quantitative estimate of drug-likeness (QED) is 0.520. The summed E-state index contributed by atoms with van der Waals surface area (Å²) in [5, 5.41) is 30.2. The monoisotopic (exact) mass is 416 g/mol. The molecule has 3 N–H and O–H groups in total. The molecule has 3 nitrogen and oxygen atoms in total. The van der Waals surface area contributed by atoms with Gasteiger partial charge in [-0.2, -0.15) is 0 Å². The van der Waals surface area contributed by atoms with Gasteiger partial charge in [-0.25, -0.2) is 0 Å². The van der Waals surface area contributed by atoms with Gasteiger partial charge in [-0.3, -0.25) is 0 Å². The molecule has 3 aliphatic carbocycles. The molecule has 3 fully saturated rings. The summed E-state index contributed by atoms with van der Waals surface area (Å²) in [7, 11) is 0. The van der Waals surface area contributed by atoms with Gasteiger partial charge in [0.05, 0.1) is 17.8 Å². The largest absolute Gasteiger partial charge is 0.393 e. The number of allylic oxidation sites excluding steroid dienone is 3. The van der Waals surface area contributed by atoms with E-state index in [0.717, 1.165) is 29.9 Å². The van der Waals surface area contributed by atoms with E-state index in [9.17, 15) is 15.3 Å². The lowest BCUT2D eigenvalue weighted by atomic mass is 9.60. The van der Waals surface area contributed by atoms with Crippen molar-refractivity contribution in [2.45, 2.75) is 110 Å². The van der Waals surface area contributed by atoms with Crippen LogP contribution in [0.1, 0.15) is 91.9 Å². The SMILES string of the molecule is C=C1C(=CC=C2CCC[C@@]3(C)C2CCC3C(C)CCCC(C)(C)O)CC(O)CC1O. The molecular formula is C27H44O3. The zero-order valence-electron chi connectivity index (χ0n) is 19.7. The Labute approximate surface area is 184 Å². The molecule has 0 aromatic rings. The van der Waals surface area contributed by atoms with Gasteiger partial charge < -0.3 is 15.3 Å². The first-order valence-corrected chi connectivity index (χ1v) is 12.2. The van der Waals surface area contributed by atoms with E-state index in [2.05, 4.69) is 32.6 Å². The third-order valence-electron chi connectivity index (χ3n) is 8.44. The molecule has 0 aromatic carbocycles. The highest BCUT2D eigenvalue weighted by atomic mass is 16.3. The molecule has 0 aliphatic heterocycles. The van der Waals surface area contributed by atoms with E-state index >= 15 is 0 Å². The summed E-state index contributed by atoms with van der Waals surface area (Å²) in [5.74, 6) is 2.11. The molecular weight excluding hydrogens is 372 g/mol. The van der Waals surface area contributed by atoms with Gasteiger partial charge in [0.1, 0.15) is 0 Å². The van der Waals surface area contributed by atoms with Gasteiger partial charge in [0.25, 0.3) is 0 Å². The van der Waals surface area contributed by atoms with Crippen LogP contribution in [0.5, 0.6) is 0 Å². The highest BCUT2D eigenvalue weighted by Gasteiger charge is 2.50. The van der Waals surface area contributed by atoms with Gasteiger partial charge in [-0.1, -0.05) is 51.0 Å². The molecule has 3 heteroatoms. The number of hydrogen-bond acceptors (Lipinski definition) is 3. The van der Waals surface area contributed by atoms with E-state index in [1.54, 1.807) is 5.57 Å². The lowest BCUT2D eigenvalue weighted by Gasteiger charge is -2.44. The van der Waals surface area contributed by atoms with E-state index in [-0.39, 0.29) is 0 Å². The van der Waals surface area contributed by atoms with E-state index < -0.39 is 17.8 Å². The normalized spacial score (nSPS) is 38.8. The van der Waals surface area contributed by atoms with Crippen LogP contribution in [0, 0.1) is 23.2 Å². The third-order valence-corrected chi connectivity index (χ3v) is 8.44. The summed E-state index contributed by atoms with van der Waals surface area (Å²) in [5.41, 5.74) is 3.17. The predicted octanol–water partition coefficient (Wildman–Crippen LogP) is 5.70. The topological polar surface area (TPSA) is 60.7 Å². The molecule has 0 heterocycles. The number of rotatable bonds is 6. The minimum absolute atomic E-state index is 0.374. The minimum Gasteiger partial charge on any atom is -0.393 e.